The third-order valence-corrected chi connectivity index (χ3v) is 1.72. The number of hydrogen-bond acceptors (Lipinski definition) is 6. The fraction of sp³-hybridized carbons (Fsp3) is 1.00. The molecule has 6 heteroatoms. The fourth-order valence-corrected chi connectivity index (χ4v) is 0.968. The zero-order valence-electron chi connectivity index (χ0n) is 8.03. The molecule has 0 amide bonds. The molecule has 5 N–H and O–H groups in total. The SMILES string of the molecule is [2H]C([2H])(O)[C@H]1OC(O)[C@H](O)[C@@H](O)[C@H]1O. The van der Waals surface area contributed by atoms with E-state index in [0.717, 1.165) is 0 Å². The Labute approximate surface area is 71.5 Å². The van der Waals surface area contributed by atoms with Crippen molar-refractivity contribution in [2.75, 3.05) is 6.56 Å². The number of rotatable bonds is 1. The molecule has 1 saturated heterocycles. The van der Waals surface area contributed by atoms with Gasteiger partial charge in [-0.1, -0.05) is 0 Å². The van der Waals surface area contributed by atoms with E-state index in [1.54, 1.807) is 0 Å². The number of ether oxygens (including phenoxy) is 1. The van der Waals surface area contributed by atoms with Gasteiger partial charge in [0.15, 0.2) is 6.29 Å². The summed E-state index contributed by atoms with van der Waals surface area (Å²) in [6, 6.07) is 0. The van der Waals surface area contributed by atoms with Crippen LogP contribution in [-0.2, 0) is 4.74 Å². The summed E-state index contributed by atoms with van der Waals surface area (Å²) >= 11 is 0. The number of hydrogen-bond donors (Lipinski definition) is 5. The maximum atomic E-state index is 9.22. The lowest BCUT2D eigenvalue weighted by atomic mass is 10.00. The van der Waals surface area contributed by atoms with E-state index in [1.165, 1.54) is 0 Å². The van der Waals surface area contributed by atoms with Crippen molar-refractivity contribution >= 4 is 0 Å². The molecule has 0 aromatic carbocycles. The van der Waals surface area contributed by atoms with E-state index in [4.69, 9.17) is 23.2 Å². The molecule has 0 aromatic rings. The highest BCUT2D eigenvalue weighted by molar-refractivity contribution is 4.87. The van der Waals surface area contributed by atoms with E-state index in [2.05, 4.69) is 4.74 Å². The molecule has 1 rings (SSSR count). The molecule has 0 aromatic heterocycles. The van der Waals surface area contributed by atoms with Crippen LogP contribution in [0.1, 0.15) is 2.74 Å². The maximum absolute atomic E-state index is 9.22. The van der Waals surface area contributed by atoms with Crippen molar-refractivity contribution < 1.29 is 33.0 Å². The lowest BCUT2D eigenvalue weighted by molar-refractivity contribution is -0.286. The Balaban J connectivity index is 2.81. The van der Waals surface area contributed by atoms with Crippen molar-refractivity contribution in [2.24, 2.45) is 0 Å². The smallest absolute Gasteiger partial charge is 0.184 e. The summed E-state index contributed by atoms with van der Waals surface area (Å²) in [5.41, 5.74) is 0. The Morgan fingerprint density at radius 3 is 2.17 bits per heavy atom. The van der Waals surface area contributed by atoms with Crippen molar-refractivity contribution in [1.82, 2.24) is 0 Å². The molecule has 1 aliphatic heterocycles. The van der Waals surface area contributed by atoms with Gasteiger partial charge < -0.3 is 30.3 Å². The second-order valence-electron chi connectivity index (χ2n) is 2.55. The summed E-state index contributed by atoms with van der Waals surface area (Å²) < 4.78 is 18.1. The van der Waals surface area contributed by atoms with Crippen LogP contribution in [0.4, 0.5) is 0 Å². The van der Waals surface area contributed by atoms with Crippen LogP contribution in [0, 0.1) is 0 Å². The lowest BCUT2D eigenvalue weighted by Gasteiger charge is -2.37. The Hall–Kier alpha value is -0.240. The Kier molecular flexibility index (Phi) is 2.19. The van der Waals surface area contributed by atoms with Gasteiger partial charge in [0.25, 0.3) is 0 Å². The molecule has 0 radical (unpaired) electrons. The second kappa shape index (κ2) is 3.65. The predicted molar refractivity (Wildman–Crippen MR) is 36.0 cm³/mol. The van der Waals surface area contributed by atoms with Crippen LogP contribution < -0.4 is 0 Å². The molecule has 0 aliphatic carbocycles. The monoisotopic (exact) mass is 182 g/mol. The molecule has 1 heterocycles. The van der Waals surface area contributed by atoms with Crippen LogP contribution in [0.2, 0.25) is 0 Å². The van der Waals surface area contributed by atoms with Crippen LogP contribution in [0.25, 0.3) is 0 Å². The highest BCUT2D eigenvalue weighted by Crippen LogP contribution is 2.18. The number of aliphatic hydroxyl groups is 5. The third kappa shape index (κ3) is 1.58. The molecule has 0 bridgehead atoms. The molecule has 0 saturated carbocycles. The van der Waals surface area contributed by atoms with Gasteiger partial charge in [0.1, 0.15) is 24.4 Å². The first-order valence-electron chi connectivity index (χ1n) is 4.35. The van der Waals surface area contributed by atoms with E-state index in [0.29, 0.717) is 0 Å². The summed E-state index contributed by atoms with van der Waals surface area (Å²) in [7, 11) is 0. The van der Waals surface area contributed by atoms with Crippen LogP contribution in [0.3, 0.4) is 0 Å². The van der Waals surface area contributed by atoms with Gasteiger partial charge in [-0.3, -0.25) is 0 Å². The molecule has 1 unspecified atom stereocenters. The van der Waals surface area contributed by atoms with Gasteiger partial charge in [-0.15, -0.1) is 0 Å². The van der Waals surface area contributed by atoms with Gasteiger partial charge >= 0.3 is 0 Å². The molecule has 12 heavy (non-hydrogen) atoms. The van der Waals surface area contributed by atoms with Crippen molar-refractivity contribution in [3.8, 4) is 0 Å². The van der Waals surface area contributed by atoms with Crippen LogP contribution in [0.5, 0.6) is 0 Å². The summed E-state index contributed by atoms with van der Waals surface area (Å²) in [5, 5.41) is 45.2. The largest absolute Gasteiger partial charge is 0.394 e. The molecule has 5 atom stereocenters. The fourth-order valence-electron chi connectivity index (χ4n) is 0.968. The van der Waals surface area contributed by atoms with Gasteiger partial charge in [-0.25, -0.2) is 0 Å². The lowest BCUT2D eigenvalue weighted by Crippen LogP contribution is -2.58. The van der Waals surface area contributed by atoms with Crippen LogP contribution in [-0.4, -0.2) is 62.8 Å². The van der Waals surface area contributed by atoms with Crippen LogP contribution in [0.15, 0.2) is 0 Å². The van der Waals surface area contributed by atoms with E-state index in [1.807, 2.05) is 0 Å². The Bertz CT molecular complexity index is 207. The van der Waals surface area contributed by atoms with Crippen molar-refractivity contribution in [2.45, 2.75) is 30.7 Å². The average molecular weight is 182 g/mol. The van der Waals surface area contributed by atoms with E-state index < -0.39 is 37.3 Å². The van der Waals surface area contributed by atoms with E-state index >= 15 is 0 Å². The minimum Gasteiger partial charge on any atom is -0.394 e. The van der Waals surface area contributed by atoms with Crippen molar-refractivity contribution in [3.05, 3.63) is 0 Å². The zero-order chi connectivity index (χ0) is 11.1. The van der Waals surface area contributed by atoms with Gasteiger partial charge in [-0.05, 0) is 0 Å². The third-order valence-electron chi connectivity index (χ3n) is 1.72. The quantitative estimate of drug-likeness (QED) is 0.292. The summed E-state index contributed by atoms with van der Waals surface area (Å²) in [6.07, 6.45) is -8.97. The second-order valence-corrected chi connectivity index (χ2v) is 2.55. The van der Waals surface area contributed by atoms with Gasteiger partial charge in [0, 0.05) is 0 Å². The van der Waals surface area contributed by atoms with Gasteiger partial charge in [0.2, 0.25) is 0 Å². The van der Waals surface area contributed by atoms with Crippen LogP contribution >= 0.6 is 0 Å². The average Bonchev–Trinajstić information content (AvgIpc) is 2.06. The molecule has 6 nitrogen and oxygen atoms in total. The van der Waals surface area contributed by atoms with Gasteiger partial charge in [-0.2, -0.15) is 0 Å². The molecule has 1 fully saturated rings. The highest BCUT2D eigenvalue weighted by Gasteiger charge is 2.42. The number of aliphatic hydroxyl groups excluding tert-OH is 4. The molecular formula is C6H12O6. The topological polar surface area (TPSA) is 110 Å². The normalized spacial score (nSPS) is 52.9. The van der Waals surface area contributed by atoms with Gasteiger partial charge in [0.05, 0.1) is 9.30 Å². The first kappa shape index (κ1) is 7.19. The summed E-state index contributed by atoms with van der Waals surface area (Å²) in [4.78, 5) is 0. The molecule has 72 valence electrons. The first-order chi connectivity index (χ1) is 6.25. The molecular weight excluding hydrogens is 168 g/mol. The summed E-state index contributed by atoms with van der Waals surface area (Å²) in [6.45, 7) is -2.92. The predicted octanol–water partition coefficient (Wildman–Crippen LogP) is -3.22. The summed E-state index contributed by atoms with van der Waals surface area (Å²) in [5.74, 6) is 0. The first-order valence-corrected chi connectivity index (χ1v) is 3.35. The Morgan fingerprint density at radius 2 is 1.67 bits per heavy atom. The van der Waals surface area contributed by atoms with E-state index in [9.17, 15) is 5.11 Å². The molecule has 1 aliphatic rings. The Morgan fingerprint density at radius 1 is 1.08 bits per heavy atom. The minimum atomic E-state index is -2.92. The van der Waals surface area contributed by atoms with Crippen molar-refractivity contribution in [1.29, 1.82) is 0 Å². The molecule has 0 spiro atoms. The zero-order valence-corrected chi connectivity index (χ0v) is 6.03. The standard InChI is InChI=1S/C6H12O6/c7-1-2-3(8)4(9)5(10)6(11)12-2/h2-11H,1H2/t2-,3+,4+,5-,6?/m1/s1/i1D2. The van der Waals surface area contributed by atoms with E-state index in [-0.39, 0.29) is 0 Å². The maximum Gasteiger partial charge on any atom is 0.184 e. The highest BCUT2D eigenvalue weighted by atomic mass is 16.6. The minimum absolute atomic E-state index is 1.73. The van der Waals surface area contributed by atoms with Crippen molar-refractivity contribution in [3.63, 3.8) is 0 Å².